The van der Waals surface area contributed by atoms with Crippen molar-refractivity contribution in [3.63, 3.8) is 0 Å². The average molecular weight is 356 g/mol. The average Bonchev–Trinajstić information content (AvgIpc) is 2.77. The van der Waals surface area contributed by atoms with Crippen molar-refractivity contribution in [3.05, 3.63) is 27.6 Å². The van der Waals surface area contributed by atoms with E-state index in [1.807, 2.05) is 12.1 Å². The lowest BCUT2D eigenvalue weighted by Gasteiger charge is -1.99. The molecule has 2 aromatic rings. The van der Waals surface area contributed by atoms with Gasteiger partial charge in [-0.25, -0.2) is 0 Å². The number of phenolic OH excluding ortho intramolecular Hbond substituents is 1. The van der Waals surface area contributed by atoms with Crippen LogP contribution in [0, 0.1) is 8.99 Å². The maximum absolute atomic E-state index is 9.82. The first-order valence-electron chi connectivity index (χ1n) is 5.80. The summed E-state index contributed by atoms with van der Waals surface area (Å²) in [6, 6.07) is 5.31. The van der Waals surface area contributed by atoms with Crippen molar-refractivity contribution in [2.75, 3.05) is 0 Å². The molecule has 0 bridgehead atoms. The van der Waals surface area contributed by atoms with E-state index < -0.39 is 0 Å². The fourth-order valence-electron chi connectivity index (χ4n) is 2.07. The Balaban J connectivity index is 1.96. The highest BCUT2D eigenvalue weighted by molar-refractivity contribution is 14.1. The van der Waals surface area contributed by atoms with Crippen LogP contribution in [0.5, 0.6) is 5.75 Å². The van der Waals surface area contributed by atoms with Gasteiger partial charge in [-0.2, -0.15) is 4.98 Å². The number of hydrogen-bond acceptors (Lipinski definition) is 4. The number of phenols is 1. The second kappa shape index (κ2) is 3.94. The summed E-state index contributed by atoms with van der Waals surface area (Å²) < 4.78 is 6.28. The lowest BCUT2D eigenvalue weighted by atomic mass is 10.1. The molecule has 1 heterocycles. The molecule has 94 valence electrons. The zero-order valence-corrected chi connectivity index (χ0v) is 12.3. The van der Waals surface area contributed by atoms with E-state index in [1.54, 1.807) is 6.07 Å². The third-order valence-electron chi connectivity index (χ3n) is 3.46. The molecule has 1 aromatic heterocycles. The van der Waals surface area contributed by atoms with Crippen LogP contribution in [0.3, 0.4) is 0 Å². The molecular formula is C13H13IN2O2. The number of hydrogen-bond donors (Lipinski definition) is 1. The summed E-state index contributed by atoms with van der Waals surface area (Å²) >= 11 is 2.19. The molecule has 0 spiro atoms. The number of nitrogens with zero attached hydrogens (tertiary/aromatic N) is 2. The maximum atomic E-state index is 9.82. The topological polar surface area (TPSA) is 59.2 Å². The van der Waals surface area contributed by atoms with E-state index in [-0.39, 0.29) is 11.2 Å². The Bertz CT molecular complexity index is 607. The molecular weight excluding hydrogens is 343 g/mol. The van der Waals surface area contributed by atoms with Gasteiger partial charge in [0.1, 0.15) is 5.75 Å². The monoisotopic (exact) mass is 356 g/mol. The van der Waals surface area contributed by atoms with Gasteiger partial charge in [0.05, 0.1) is 5.56 Å². The summed E-state index contributed by atoms with van der Waals surface area (Å²) in [5.41, 5.74) is 0.869. The van der Waals surface area contributed by atoms with E-state index in [9.17, 15) is 5.11 Å². The molecule has 1 saturated carbocycles. The van der Waals surface area contributed by atoms with Gasteiger partial charge >= 0.3 is 0 Å². The fraction of sp³-hybridized carbons (Fsp3) is 0.385. The summed E-state index contributed by atoms with van der Waals surface area (Å²) in [6.45, 7) is 4.38. The number of benzene rings is 1. The molecule has 0 radical (unpaired) electrons. The highest BCUT2D eigenvalue weighted by Crippen LogP contribution is 2.57. The van der Waals surface area contributed by atoms with Gasteiger partial charge in [-0.1, -0.05) is 19.0 Å². The molecule has 1 aliphatic rings. The molecule has 0 amide bonds. The molecule has 0 aliphatic heterocycles. The van der Waals surface area contributed by atoms with E-state index in [1.165, 1.54) is 0 Å². The van der Waals surface area contributed by atoms with Gasteiger partial charge < -0.3 is 9.63 Å². The van der Waals surface area contributed by atoms with Crippen molar-refractivity contribution in [2.24, 2.45) is 5.41 Å². The zero-order valence-electron chi connectivity index (χ0n) is 10.1. The molecule has 5 heteroatoms. The van der Waals surface area contributed by atoms with Crippen LogP contribution in [-0.4, -0.2) is 15.2 Å². The van der Waals surface area contributed by atoms with Gasteiger partial charge in [-0.3, -0.25) is 0 Å². The Morgan fingerprint density at radius 3 is 2.83 bits per heavy atom. The smallest absolute Gasteiger partial charge is 0.261 e. The zero-order chi connectivity index (χ0) is 12.9. The van der Waals surface area contributed by atoms with Gasteiger partial charge in [0.2, 0.25) is 0 Å². The van der Waals surface area contributed by atoms with Gasteiger partial charge in [-0.15, -0.1) is 0 Å². The first kappa shape index (κ1) is 12.0. The van der Waals surface area contributed by atoms with Crippen LogP contribution < -0.4 is 0 Å². The van der Waals surface area contributed by atoms with Crippen LogP contribution in [0.2, 0.25) is 0 Å². The minimum absolute atomic E-state index is 0.167. The largest absolute Gasteiger partial charge is 0.507 e. The van der Waals surface area contributed by atoms with Crippen LogP contribution >= 0.6 is 22.6 Å². The molecule has 0 saturated heterocycles. The number of aromatic nitrogens is 2. The van der Waals surface area contributed by atoms with Gasteiger partial charge in [0.25, 0.3) is 5.89 Å². The molecule has 1 unspecified atom stereocenters. The number of aromatic hydroxyl groups is 1. The first-order valence-corrected chi connectivity index (χ1v) is 6.88. The standard InChI is InChI=1S/C13H13IN2O2/c1-13(2)6-9(13)11-15-12(18-16-11)8-5-7(14)3-4-10(8)17/h3-5,9,17H,6H2,1-2H3. The molecule has 18 heavy (non-hydrogen) atoms. The first-order chi connectivity index (χ1) is 8.47. The SMILES string of the molecule is CC1(C)CC1c1noc(-c2cc(I)ccc2O)n1. The highest BCUT2D eigenvalue weighted by atomic mass is 127. The predicted molar refractivity (Wildman–Crippen MR) is 75.3 cm³/mol. The quantitative estimate of drug-likeness (QED) is 0.836. The lowest BCUT2D eigenvalue weighted by Crippen LogP contribution is -1.91. The Morgan fingerprint density at radius 1 is 1.44 bits per heavy atom. The Labute approximate surface area is 119 Å². The summed E-state index contributed by atoms with van der Waals surface area (Å²) in [5.74, 6) is 1.68. The molecule has 1 aliphatic carbocycles. The second-order valence-electron chi connectivity index (χ2n) is 5.36. The van der Waals surface area contributed by atoms with Crippen molar-refractivity contribution in [3.8, 4) is 17.2 Å². The van der Waals surface area contributed by atoms with Crippen LogP contribution in [0.15, 0.2) is 22.7 Å². The summed E-state index contributed by atoms with van der Waals surface area (Å²) in [7, 11) is 0. The van der Waals surface area contributed by atoms with Crippen LogP contribution in [-0.2, 0) is 0 Å². The Kier molecular flexibility index (Phi) is 2.62. The molecule has 1 N–H and O–H groups in total. The van der Waals surface area contributed by atoms with E-state index in [2.05, 4.69) is 46.6 Å². The van der Waals surface area contributed by atoms with E-state index in [0.717, 1.165) is 15.8 Å². The van der Waals surface area contributed by atoms with Crippen molar-refractivity contribution < 1.29 is 9.63 Å². The molecule has 1 aromatic carbocycles. The number of rotatable bonds is 2. The fourth-order valence-corrected chi connectivity index (χ4v) is 2.56. The third kappa shape index (κ3) is 2.00. The van der Waals surface area contributed by atoms with Crippen molar-refractivity contribution in [1.29, 1.82) is 0 Å². The van der Waals surface area contributed by atoms with Gasteiger partial charge in [-0.05, 0) is 52.6 Å². The van der Waals surface area contributed by atoms with Crippen LogP contribution in [0.25, 0.3) is 11.5 Å². The van der Waals surface area contributed by atoms with Gasteiger partial charge in [0.15, 0.2) is 5.82 Å². The predicted octanol–water partition coefficient (Wildman–Crippen LogP) is 3.56. The summed E-state index contributed by atoms with van der Waals surface area (Å²) in [5, 5.41) is 13.8. The highest BCUT2D eigenvalue weighted by Gasteiger charge is 2.49. The Hall–Kier alpha value is -1.11. The van der Waals surface area contributed by atoms with E-state index in [0.29, 0.717) is 17.4 Å². The molecule has 1 atom stereocenters. The second-order valence-corrected chi connectivity index (χ2v) is 6.61. The van der Waals surface area contributed by atoms with Crippen molar-refractivity contribution in [1.82, 2.24) is 10.1 Å². The van der Waals surface area contributed by atoms with E-state index in [4.69, 9.17) is 4.52 Å². The summed E-state index contributed by atoms with van der Waals surface area (Å²) in [6.07, 6.45) is 1.09. The van der Waals surface area contributed by atoms with Gasteiger partial charge in [0, 0.05) is 9.49 Å². The summed E-state index contributed by atoms with van der Waals surface area (Å²) in [4.78, 5) is 4.40. The van der Waals surface area contributed by atoms with E-state index >= 15 is 0 Å². The minimum atomic E-state index is 0.167. The normalized spacial score (nSPS) is 20.9. The Morgan fingerprint density at radius 2 is 2.17 bits per heavy atom. The lowest BCUT2D eigenvalue weighted by molar-refractivity contribution is 0.414. The van der Waals surface area contributed by atoms with Crippen LogP contribution in [0.1, 0.15) is 32.0 Å². The van der Waals surface area contributed by atoms with Crippen molar-refractivity contribution >= 4 is 22.6 Å². The molecule has 1 fully saturated rings. The molecule has 3 rings (SSSR count). The number of halogens is 1. The maximum Gasteiger partial charge on any atom is 0.261 e. The van der Waals surface area contributed by atoms with Crippen LogP contribution in [0.4, 0.5) is 0 Å². The molecule has 4 nitrogen and oxygen atoms in total. The minimum Gasteiger partial charge on any atom is -0.507 e. The van der Waals surface area contributed by atoms with Crippen molar-refractivity contribution in [2.45, 2.75) is 26.2 Å². The third-order valence-corrected chi connectivity index (χ3v) is 4.13.